The van der Waals surface area contributed by atoms with Crippen LogP contribution >= 0.6 is 11.6 Å². The van der Waals surface area contributed by atoms with Crippen LogP contribution in [0.4, 0.5) is 10.1 Å². The molecule has 2 atom stereocenters. The average molecular weight is 520 g/mol. The van der Waals surface area contributed by atoms with Crippen LogP contribution in [0.3, 0.4) is 0 Å². The van der Waals surface area contributed by atoms with Gasteiger partial charge in [0.25, 0.3) is 5.91 Å². The summed E-state index contributed by atoms with van der Waals surface area (Å²) in [6, 6.07) is 11.2. The van der Waals surface area contributed by atoms with Gasteiger partial charge in [0.1, 0.15) is 11.6 Å². The molecule has 10 heteroatoms. The lowest BCUT2D eigenvalue weighted by atomic mass is 10.1. The van der Waals surface area contributed by atoms with Crippen LogP contribution in [-0.2, 0) is 25.7 Å². The summed E-state index contributed by atoms with van der Waals surface area (Å²) in [5, 5.41) is 3.06. The zero-order valence-electron chi connectivity index (χ0n) is 20.6. The number of rotatable bonds is 9. The summed E-state index contributed by atoms with van der Waals surface area (Å²) in [4.78, 5) is 40.6. The molecule has 1 fully saturated rings. The average Bonchev–Trinajstić information content (AvgIpc) is 2.85. The van der Waals surface area contributed by atoms with Crippen LogP contribution < -0.4 is 10.1 Å². The van der Waals surface area contributed by atoms with Crippen molar-refractivity contribution in [1.29, 1.82) is 0 Å². The number of benzene rings is 2. The second-order valence-corrected chi connectivity index (χ2v) is 9.29. The van der Waals surface area contributed by atoms with Gasteiger partial charge in [-0.3, -0.25) is 19.3 Å². The van der Waals surface area contributed by atoms with Crippen molar-refractivity contribution < 1.29 is 28.2 Å². The van der Waals surface area contributed by atoms with Gasteiger partial charge < -0.3 is 19.7 Å². The molecular weight excluding hydrogens is 489 g/mol. The van der Waals surface area contributed by atoms with E-state index in [0.29, 0.717) is 36.1 Å². The van der Waals surface area contributed by atoms with Crippen molar-refractivity contribution >= 4 is 35.1 Å². The Bertz CT molecular complexity index is 1080. The number of carbonyl (C=O) groups is 3. The summed E-state index contributed by atoms with van der Waals surface area (Å²) in [5.74, 6) is -1.03. The number of amides is 2. The van der Waals surface area contributed by atoms with Crippen LogP contribution in [0, 0.1) is 5.82 Å². The number of anilines is 1. The standard InChI is InChI=1S/C26H31ClFN3O5/c1-17-14-31(18(2)13-30(17)15-19-4-7-21(28)8-5-19)25(33)16-36-23-9-6-20(27)12-22(23)29-24(32)10-11-26(34)35-3/h4-9,12,17-18H,10-11,13-16H2,1-3H3,(H,29,32)/t17-,18+/m1/s1. The fraction of sp³-hybridized carbons (Fsp3) is 0.423. The number of carbonyl (C=O) groups excluding carboxylic acids is 3. The van der Waals surface area contributed by atoms with E-state index in [1.165, 1.54) is 25.3 Å². The Morgan fingerprint density at radius 3 is 2.47 bits per heavy atom. The highest BCUT2D eigenvalue weighted by molar-refractivity contribution is 6.31. The van der Waals surface area contributed by atoms with E-state index in [2.05, 4.69) is 21.9 Å². The number of ether oxygens (including phenoxy) is 2. The molecule has 0 spiro atoms. The molecule has 1 aliphatic heterocycles. The lowest BCUT2D eigenvalue weighted by molar-refractivity contribution is -0.141. The molecule has 2 aromatic rings. The van der Waals surface area contributed by atoms with Gasteiger partial charge in [-0.2, -0.15) is 0 Å². The first kappa shape index (κ1) is 27.4. The maximum atomic E-state index is 13.2. The molecule has 0 unspecified atom stereocenters. The van der Waals surface area contributed by atoms with Crippen LogP contribution in [-0.4, -0.2) is 66.5 Å². The van der Waals surface area contributed by atoms with Gasteiger partial charge in [-0.15, -0.1) is 0 Å². The van der Waals surface area contributed by atoms with Gasteiger partial charge in [0.05, 0.1) is 19.2 Å². The lowest BCUT2D eigenvalue weighted by Gasteiger charge is -2.44. The molecule has 0 bridgehead atoms. The predicted molar refractivity (Wildman–Crippen MR) is 134 cm³/mol. The number of halogens is 2. The number of esters is 1. The van der Waals surface area contributed by atoms with Gasteiger partial charge in [-0.05, 0) is 49.7 Å². The maximum Gasteiger partial charge on any atom is 0.306 e. The van der Waals surface area contributed by atoms with E-state index < -0.39 is 11.9 Å². The van der Waals surface area contributed by atoms with Crippen LogP contribution in [0.5, 0.6) is 5.75 Å². The highest BCUT2D eigenvalue weighted by Gasteiger charge is 2.32. The molecule has 2 aromatic carbocycles. The molecule has 1 heterocycles. The van der Waals surface area contributed by atoms with Crippen molar-refractivity contribution in [3.8, 4) is 5.75 Å². The minimum Gasteiger partial charge on any atom is -0.482 e. The normalized spacial score (nSPS) is 18.0. The van der Waals surface area contributed by atoms with E-state index in [-0.39, 0.29) is 43.3 Å². The number of hydrogen-bond donors (Lipinski definition) is 1. The van der Waals surface area contributed by atoms with E-state index in [0.717, 1.165) is 5.56 Å². The van der Waals surface area contributed by atoms with Crippen LogP contribution in [0.1, 0.15) is 32.3 Å². The fourth-order valence-electron chi connectivity index (χ4n) is 4.07. The van der Waals surface area contributed by atoms with Crippen LogP contribution in [0.15, 0.2) is 42.5 Å². The number of nitrogens with one attached hydrogen (secondary N) is 1. The number of piperazine rings is 1. The Morgan fingerprint density at radius 1 is 1.06 bits per heavy atom. The highest BCUT2D eigenvalue weighted by atomic mass is 35.5. The topological polar surface area (TPSA) is 88.2 Å². The predicted octanol–water partition coefficient (Wildman–Crippen LogP) is 3.87. The van der Waals surface area contributed by atoms with E-state index in [4.69, 9.17) is 16.3 Å². The fourth-order valence-corrected chi connectivity index (χ4v) is 4.24. The van der Waals surface area contributed by atoms with Crippen molar-refractivity contribution in [3.05, 3.63) is 58.9 Å². The molecule has 0 radical (unpaired) electrons. The summed E-state index contributed by atoms with van der Waals surface area (Å²) in [6.45, 7) is 5.71. The Hall–Kier alpha value is -3.17. The highest BCUT2D eigenvalue weighted by Crippen LogP contribution is 2.29. The summed E-state index contributed by atoms with van der Waals surface area (Å²) < 4.78 is 23.5. The SMILES string of the molecule is COC(=O)CCC(=O)Nc1cc(Cl)ccc1OCC(=O)N1C[C@@H](C)N(Cc2ccc(F)cc2)C[C@@H]1C. The second kappa shape index (κ2) is 12.7. The van der Waals surface area contributed by atoms with Gasteiger partial charge >= 0.3 is 5.97 Å². The summed E-state index contributed by atoms with van der Waals surface area (Å²) >= 11 is 6.07. The van der Waals surface area contributed by atoms with E-state index >= 15 is 0 Å². The molecule has 0 aliphatic carbocycles. The van der Waals surface area contributed by atoms with Gasteiger partial charge in [0.2, 0.25) is 5.91 Å². The Kier molecular flexibility index (Phi) is 9.66. The van der Waals surface area contributed by atoms with Crippen molar-refractivity contribution in [1.82, 2.24) is 9.80 Å². The molecule has 1 saturated heterocycles. The molecule has 194 valence electrons. The van der Waals surface area contributed by atoms with Gasteiger partial charge in [-0.1, -0.05) is 23.7 Å². The molecule has 0 aromatic heterocycles. The molecular formula is C26H31ClFN3O5. The van der Waals surface area contributed by atoms with Crippen LogP contribution in [0.2, 0.25) is 5.02 Å². The zero-order valence-corrected chi connectivity index (χ0v) is 21.4. The van der Waals surface area contributed by atoms with E-state index in [1.807, 2.05) is 6.92 Å². The minimum absolute atomic E-state index is 0.0412. The molecule has 2 amide bonds. The van der Waals surface area contributed by atoms with E-state index in [1.54, 1.807) is 29.2 Å². The second-order valence-electron chi connectivity index (χ2n) is 8.85. The lowest BCUT2D eigenvalue weighted by Crippen LogP contribution is -2.58. The summed E-state index contributed by atoms with van der Waals surface area (Å²) in [5.41, 5.74) is 1.33. The van der Waals surface area contributed by atoms with Crippen molar-refractivity contribution in [3.63, 3.8) is 0 Å². The first-order valence-electron chi connectivity index (χ1n) is 11.7. The summed E-state index contributed by atoms with van der Waals surface area (Å²) in [6.07, 6.45) is -0.115. The number of nitrogens with zero attached hydrogens (tertiary/aromatic N) is 2. The zero-order chi connectivity index (χ0) is 26.2. The molecule has 0 saturated carbocycles. The van der Waals surface area contributed by atoms with Gasteiger partial charge in [-0.25, -0.2) is 4.39 Å². The Balaban J connectivity index is 1.57. The minimum atomic E-state index is -0.487. The van der Waals surface area contributed by atoms with Crippen molar-refractivity contribution in [2.45, 2.75) is 45.3 Å². The van der Waals surface area contributed by atoms with Gasteiger partial charge in [0.15, 0.2) is 6.61 Å². The molecule has 8 nitrogen and oxygen atoms in total. The summed E-state index contributed by atoms with van der Waals surface area (Å²) in [7, 11) is 1.26. The van der Waals surface area contributed by atoms with E-state index in [9.17, 15) is 18.8 Å². The third-order valence-electron chi connectivity index (χ3n) is 6.09. The third kappa shape index (κ3) is 7.66. The maximum absolute atomic E-state index is 13.2. The largest absolute Gasteiger partial charge is 0.482 e. The smallest absolute Gasteiger partial charge is 0.306 e. The molecule has 36 heavy (non-hydrogen) atoms. The Labute approximate surface area is 215 Å². The first-order chi connectivity index (χ1) is 17.2. The molecule has 3 rings (SSSR count). The first-order valence-corrected chi connectivity index (χ1v) is 12.1. The molecule has 1 N–H and O–H groups in total. The van der Waals surface area contributed by atoms with Crippen molar-refractivity contribution in [2.24, 2.45) is 0 Å². The monoisotopic (exact) mass is 519 g/mol. The molecule has 1 aliphatic rings. The van der Waals surface area contributed by atoms with Crippen LogP contribution in [0.25, 0.3) is 0 Å². The van der Waals surface area contributed by atoms with Crippen molar-refractivity contribution in [2.75, 3.05) is 32.1 Å². The van der Waals surface area contributed by atoms with Gasteiger partial charge in [0, 0.05) is 43.2 Å². The number of hydrogen-bond acceptors (Lipinski definition) is 6. The number of methoxy groups -OCH3 is 1. The Morgan fingerprint density at radius 2 is 1.78 bits per heavy atom. The third-order valence-corrected chi connectivity index (χ3v) is 6.32. The quantitative estimate of drug-likeness (QED) is 0.506.